The summed E-state index contributed by atoms with van der Waals surface area (Å²) >= 11 is 0. The first-order valence-electron chi connectivity index (χ1n) is 8.25. The average molecular weight is 374 g/mol. The molecule has 3 aromatic rings. The van der Waals surface area contributed by atoms with Gasteiger partial charge in [0, 0.05) is 29.9 Å². The Balaban J connectivity index is 1.69. The summed E-state index contributed by atoms with van der Waals surface area (Å²) in [5.41, 5.74) is -0.0806. The van der Waals surface area contributed by atoms with Gasteiger partial charge in [0.05, 0.1) is 18.5 Å². The number of fused-ring (bicyclic) bond motifs is 2. The van der Waals surface area contributed by atoms with Gasteiger partial charge in [-0.2, -0.15) is 5.10 Å². The molecule has 0 radical (unpaired) electrons. The second kappa shape index (κ2) is 6.27. The maximum absolute atomic E-state index is 13.5. The summed E-state index contributed by atoms with van der Waals surface area (Å²) in [6.45, 7) is 1.44. The topological polar surface area (TPSA) is 88.8 Å². The highest BCUT2D eigenvalue weighted by atomic mass is 19.3. The third kappa shape index (κ3) is 2.99. The van der Waals surface area contributed by atoms with Crippen molar-refractivity contribution < 1.29 is 23.4 Å². The smallest absolute Gasteiger partial charge is 0.265 e. The van der Waals surface area contributed by atoms with Crippen LogP contribution in [0.2, 0.25) is 0 Å². The van der Waals surface area contributed by atoms with Crippen molar-refractivity contribution in [1.29, 1.82) is 0 Å². The molecule has 0 fully saturated rings. The van der Waals surface area contributed by atoms with Gasteiger partial charge in [-0.1, -0.05) is 0 Å². The molecule has 2 aromatic heterocycles. The van der Waals surface area contributed by atoms with Crippen LogP contribution in [0.3, 0.4) is 0 Å². The number of carbonyl (C=O) groups is 1. The van der Waals surface area contributed by atoms with Gasteiger partial charge < -0.3 is 15.2 Å². The van der Waals surface area contributed by atoms with Gasteiger partial charge in [0.1, 0.15) is 16.9 Å². The molecule has 0 unspecified atom stereocenters. The number of hydrogen-bond donors (Lipinski definition) is 2. The molecule has 1 amide bonds. The summed E-state index contributed by atoms with van der Waals surface area (Å²) in [5.74, 6) is -0.299. The molecule has 0 bridgehead atoms. The summed E-state index contributed by atoms with van der Waals surface area (Å²) in [4.78, 5) is 16.7. The second-order valence-corrected chi connectivity index (χ2v) is 6.63. The molecule has 9 heteroatoms. The number of rotatable bonds is 4. The van der Waals surface area contributed by atoms with Crippen molar-refractivity contribution in [3.8, 4) is 5.75 Å². The van der Waals surface area contributed by atoms with E-state index in [1.54, 1.807) is 19.2 Å². The zero-order valence-electron chi connectivity index (χ0n) is 14.3. The Labute approximate surface area is 152 Å². The summed E-state index contributed by atoms with van der Waals surface area (Å²) < 4.78 is 34.1. The van der Waals surface area contributed by atoms with Gasteiger partial charge in [0.25, 0.3) is 12.3 Å². The number of aliphatic hydroxyl groups is 1. The van der Waals surface area contributed by atoms with Gasteiger partial charge in [-0.3, -0.25) is 4.79 Å². The molecule has 7 nitrogen and oxygen atoms in total. The van der Waals surface area contributed by atoms with E-state index >= 15 is 0 Å². The predicted octanol–water partition coefficient (Wildman–Crippen LogP) is 2.61. The number of nitrogens with zero attached hydrogens (tertiary/aromatic N) is 3. The molecule has 1 aromatic carbocycles. The van der Waals surface area contributed by atoms with Crippen molar-refractivity contribution in [3.05, 3.63) is 53.5 Å². The number of halogens is 2. The molecule has 0 saturated carbocycles. The van der Waals surface area contributed by atoms with E-state index in [0.717, 1.165) is 0 Å². The molecule has 27 heavy (non-hydrogen) atoms. The van der Waals surface area contributed by atoms with Crippen LogP contribution < -0.4 is 10.1 Å². The molecule has 1 atom stereocenters. The van der Waals surface area contributed by atoms with E-state index < -0.39 is 17.9 Å². The van der Waals surface area contributed by atoms with E-state index in [9.17, 15) is 18.7 Å². The van der Waals surface area contributed by atoms with Gasteiger partial charge in [-0.25, -0.2) is 18.3 Å². The molecular formula is C18H16F2N4O3. The molecule has 4 rings (SSSR count). The Kier molecular flexibility index (Phi) is 4.03. The highest BCUT2D eigenvalue weighted by molar-refractivity contribution is 6.08. The zero-order valence-corrected chi connectivity index (χ0v) is 14.3. The summed E-state index contributed by atoms with van der Waals surface area (Å²) in [7, 11) is 0. The molecule has 1 aliphatic heterocycles. The van der Waals surface area contributed by atoms with Gasteiger partial charge in [0.15, 0.2) is 5.65 Å². The monoisotopic (exact) mass is 374 g/mol. The van der Waals surface area contributed by atoms with Crippen molar-refractivity contribution in [2.24, 2.45) is 0 Å². The third-order valence-corrected chi connectivity index (χ3v) is 4.50. The van der Waals surface area contributed by atoms with Crippen molar-refractivity contribution >= 4 is 17.2 Å². The van der Waals surface area contributed by atoms with Crippen molar-refractivity contribution in [2.45, 2.75) is 25.4 Å². The standard InChI is InChI=1S/C18H16F2N4O3/c1-18(9-25)7-10-5-13(11(15(19)20)6-14(10)27-18)23-17(26)12-8-22-24-4-2-3-21-16(12)24/h2-6,8,15,25H,7,9H2,1H3,(H,23,26)/t18-/m0/s1. The van der Waals surface area contributed by atoms with Crippen LogP contribution in [0.15, 0.2) is 36.8 Å². The highest BCUT2D eigenvalue weighted by Gasteiger charge is 2.36. The maximum Gasteiger partial charge on any atom is 0.265 e. The van der Waals surface area contributed by atoms with E-state index in [4.69, 9.17) is 4.74 Å². The van der Waals surface area contributed by atoms with Gasteiger partial charge in [-0.05, 0) is 25.1 Å². The van der Waals surface area contributed by atoms with Gasteiger partial charge in [0.2, 0.25) is 0 Å². The summed E-state index contributed by atoms with van der Waals surface area (Å²) in [6.07, 6.45) is 2.02. The normalized spacial score (nSPS) is 18.6. The Bertz CT molecular complexity index is 1040. The Morgan fingerprint density at radius 3 is 3.04 bits per heavy atom. The number of carbonyl (C=O) groups excluding carboxylic acids is 1. The molecule has 3 heterocycles. The number of aliphatic hydroxyl groups excluding tert-OH is 1. The minimum Gasteiger partial charge on any atom is -0.485 e. The lowest BCUT2D eigenvalue weighted by molar-refractivity contribution is 0.0444. The minimum atomic E-state index is -2.81. The minimum absolute atomic E-state index is 0.00480. The number of nitrogens with one attached hydrogen (secondary N) is 1. The molecule has 0 saturated heterocycles. The number of amides is 1. The number of alkyl halides is 2. The fraction of sp³-hybridized carbons (Fsp3) is 0.278. The predicted molar refractivity (Wildman–Crippen MR) is 92.2 cm³/mol. The SMILES string of the molecule is C[C@@]1(CO)Cc2cc(NC(=O)c3cnn4cccnc34)c(C(F)F)cc2O1. The summed E-state index contributed by atoms with van der Waals surface area (Å²) in [6, 6.07) is 4.34. The summed E-state index contributed by atoms with van der Waals surface area (Å²) in [5, 5.41) is 16.0. The molecule has 0 spiro atoms. The Hall–Kier alpha value is -3.07. The van der Waals surface area contributed by atoms with Crippen LogP contribution in [0.5, 0.6) is 5.75 Å². The number of aromatic nitrogens is 3. The van der Waals surface area contributed by atoms with Crippen LogP contribution in [-0.2, 0) is 6.42 Å². The van der Waals surface area contributed by atoms with Crippen molar-refractivity contribution in [3.63, 3.8) is 0 Å². The molecule has 1 aliphatic rings. The number of anilines is 1. The van der Waals surface area contributed by atoms with Gasteiger partial charge >= 0.3 is 0 Å². The van der Waals surface area contributed by atoms with E-state index in [1.807, 2.05) is 0 Å². The van der Waals surface area contributed by atoms with Crippen LogP contribution in [-0.4, -0.2) is 37.8 Å². The fourth-order valence-electron chi connectivity index (χ4n) is 3.13. The molecular weight excluding hydrogens is 358 g/mol. The lowest BCUT2D eigenvalue weighted by atomic mass is 9.98. The first kappa shape index (κ1) is 17.3. The lowest BCUT2D eigenvalue weighted by Gasteiger charge is -2.20. The third-order valence-electron chi connectivity index (χ3n) is 4.50. The average Bonchev–Trinajstić information content (AvgIpc) is 3.21. The van der Waals surface area contributed by atoms with Crippen molar-refractivity contribution in [2.75, 3.05) is 11.9 Å². The van der Waals surface area contributed by atoms with E-state index in [0.29, 0.717) is 17.6 Å². The van der Waals surface area contributed by atoms with Crippen LogP contribution in [0, 0.1) is 0 Å². The van der Waals surface area contributed by atoms with Crippen LogP contribution in [0.1, 0.15) is 34.8 Å². The Morgan fingerprint density at radius 2 is 2.30 bits per heavy atom. The maximum atomic E-state index is 13.5. The quantitative estimate of drug-likeness (QED) is 0.733. The fourth-order valence-corrected chi connectivity index (χ4v) is 3.13. The molecule has 2 N–H and O–H groups in total. The first-order valence-corrected chi connectivity index (χ1v) is 8.25. The molecule has 0 aliphatic carbocycles. The second-order valence-electron chi connectivity index (χ2n) is 6.63. The van der Waals surface area contributed by atoms with E-state index in [1.165, 1.54) is 29.0 Å². The first-order chi connectivity index (χ1) is 12.9. The molecule has 140 valence electrons. The number of hydrogen-bond acceptors (Lipinski definition) is 5. The lowest BCUT2D eigenvalue weighted by Crippen LogP contribution is -2.34. The van der Waals surface area contributed by atoms with Crippen molar-refractivity contribution in [1.82, 2.24) is 14.6 Å². The van der Waals surface area contributed by atoms with Crippen LogP contribution >= 0.6 is 0 Å². The Morgan fingerprint density at radius 1 is 1.48 bits per heavy atom. The van der Waals surface area contributed by atoms with Crippen LogP contribution in [0.25, 0.3) is 5.65 Å². The number of benzene rings is 1. The number of ether oxygens (including phenoxy) is 1. The van der Waals surface area contributed by atoms with Crippen LogP contribution in [0.4, 0.5) is 14.5 Å². The van der Waals surface area contributed by atoms with E-state index in [2.05, 4.69) is 15.4 Å². The highest BCUT2D eigenvalue weighted by Crippen LogP contribution is 2.41. The van der Waals surface area contributed by atoms with E-state index in [-0.39, 0.29) is 29.2 Å². The zero-order chi connectivity index (χ0) is 19.2. The van der Waals surface area contributed by atoms with Gasteiger partial charge in [-0.15, -0.1) is 0 Å². The largest absolute Gasteiger partial charge is 0.485 e.